The Balaban J connectivity index is 2.17. The molecule has 0 radical (unpaired) electrons. The highest BCUT2D eigenvalue weighted by molar-refractivity contribution is 7.89. The molecular formula is C11H12FN3O3S. The topological polar surface area (TPSA) is 84.1 Å². The molecule has 0 bridgehead atoms. The van der Waals surface area contributed by atoms with Crippen molar-refractivity contribution in [2.24, 2.45) is 0 Å². The van der Waals surface area contributed by atoms with E-state index in [1.165, 1.54) is 31.8 Å². The number of rotatable bonds is 5. The molecule has 2 rings (SSSR count). The lowest BCUT2D eigenvalue weighted by atomic mass is 10.3. The van der Waals surface area contributed by atoms with Crippen molar-refractivity contribution in [2.75, 3.05) is 7.11 Å². The second-order valence-electron chi connectivity index (χ2n) is 3.70. The number of halogens is 1. The predicted molar refractivity (Wildman–Crippen MR) is 65.6 cm³/mol. The van der Waals surface area contributed by atoms with Crippen LogP contribution in [0.1, 0.15) is 5.69 Å². The Morgan fingerprint density at radius 3 is 2.84 bits per heavy atom. The number of sulfonamides is 1. The smallest absolute Gasteiger partial charge is 0.241 e. The first-order chi connectivity index (χ1) is 9.03. The molecule has 0 saturated heterocycles. The van der Waals surface area contributed by atoms with Crippen LogP contribution in [0, 0.1) is 5.82 Å². The summed E-state index contributed by atoms with van der Waals surface area (Å²) < 4.78 is 44.4. The number of aromatic amines is 1. The summed E-state index contributed by atoms with van der Waals surface area (Å²) >= 11 is 0. The quantitative estimate of drug-likeness (QED) is 0.859. The zero-order valence-electron chi connectivity index (χ0n) is 10.1. The van der Waals surface area contributed by atoms with Crippen LogP contribution in [0.15, 0.2) is 35.6 Å². The molecule has 0 aliphatic rings. The van der Waals surface area contributed by atoms with Gasteiger partial charge in [-0.15, -0.1) is 0 Å². The van der Waals surface area contributed by atoms with Gasteiger partial charge in [0, 0.05) is 11.9 Å². The molecule has 6 nitrogen and oxygen atoms in total. The van der Waals surface area contributed by atoms with E-state index in [0.29, 0.717) is 5.69 Å². The van der Waals surface area contributed by atoms with Gasteiger partial charge in [-0.3, -0.25) is 0 Å². The van der Waals surface area contributed by atoms with E-state index in [2.05, 4.69) is 14.7 Å². The largest absolute Gasteiger partial charge is 0.494 e. The zero-order valence-corrected chi connectivity index (χ0v) is 10.9. The van der Waals surface area contributed by atoms with E-state index in [1.54, 1.807) is 0 Å². The number of ether oxygens (including phenoxy) is 1. The lowest BCUT2D eigenvalue weighted by Crippen LogP contribution is -2.23. The van der Waals surface area contributed by atoms with Gasteiger partial charge in [0.05, 0.1) is 24.9 Å². The Hall–Kier alpha value is -1.93. The SMILES string of the molecule is COc1ccc(S(=O)(=O)NCc2cnc[nH]2)cc1F. The summed E-state index contributed by atoms with van der Waals surface area (Å²) in [5.41, 5.74) is 0.609. The van der Waals surface area contributed by atoms with Gasteiger partial charge in [-0.25, -0.2) is 22.5 Å². The maximum Gasteiger partial charge on any atom is 0.241 e. The molecule has 0 atom stereocenters. The van der Waals surface area contributed by atoms with Crippen molar-refractivity contribution in [1.29, 1.82) is 0 Å². The number of aromatic nitrogens is 2. The third-order valence-corrected chi connectivity index (χ3v) is 3.84. The first-order valence-corrected chi connectivity index (χ1v) is 6.81. The summed E-state index contributed by atoms with van der Waals surface area (Å²) in [6, 6.07) is 3.45. The van der Waals surface area contributed by atoms with Gasteiger partial charge in [0.15, 0.2) is 11.6 Å². The van der Waals surface area contributed by atoms with Crippen molar-refractivity contribution in [1.82, 2.24) is 14.7 Å². The normalized spacial score (nSPS) is 11.5. The van der Waals surface area contributed by atoms with Gasteiger partial charge in [-0.05, 0) is 18.2 Å². The number of nitrogens with zero attached hydrogens (tertiary/aromatic N) is 1. The van der Waals surface area contributed by atoms with Crippen LogP contribution in [0.4, 0.5) is 4.39 Å². The maximum absolute atomic E-state index is 13.5. The van der Waals surface area contributed by atoms with E-state index in [9.17, 15) is 12.8 Å². The minimum Gasteiger partial charge on any atom is -0.494 e. The molecule has 0 spiro atoms. The molecule has 0 aliphatic heterocycles. The van der Waals surface area contributed by atoms with Crippen LogP contribution in [0.2, 0.25) is 0 Å². The summed E-state index contributed by atoms with van der Waals surface area (Å²) in [5.74, 6) is -0.737. The van der Waals surface area contributed by atoms with E-state index >= 15 is 0 Å². The van der Waals surface area contributed by atoms with Gasteiger partial charge in [0.1, 0.15) is 0 Å². The lowest BCUT2D eigenvalue weighted by molar-refractivity contribution is 0.385. The molecule has 0 aliphatic carbocycles. The Bertz CT molecular complexity index is 656. The number of hydrogen-bond acceptors (Lipinski definition) is 4. The van der Waals surface area contributed by atoms with E-state index in [-0.39, 0.29) is 17.2 Å². The third-order valence-electron chi connectivity index (χ3n) is 2.44. The van der Waals surface area contributed by atoms with Gasteiger partial charge < -0.3 is 9.72 Å². The molecule has 19 heavy (non-hydrogen) atoms. The number of hydrogen-bond donors (Lipinski definition) is 2. The summed E-state index contributed by atoms with van der Waals surface area (Å²) in [6.07, 6.45) is 2.94. The van der Waals surface area contributed by atoms with Gasteiger partial charge >= 0.3 is 0 Å². The summed E-state index contributed by atoms with van der Waals surface area (Å²) in [4.78, 5) is 6.36. The van der Waals surface area contributed by atoms with E-state index in [4.69, 9.17) is 4.74 Å². The highest BCUT2D eigenvalue weighted by atomic mass is 32.2. The molecule has 8 heteroatoms. The number of benzene rings is 1. The van der Waals surface area contributed by atoms with E-state index in [0.717, 1.165) is 6.07 Å². The van der Waals surface area contributed by atoms with Crippen molar-refractivity contribution in [2.45, 2.75) is 11.4 Å². The lowest BCUT2D eigenvalue weighted by Gasteiger charge is -2.07. The first-order valence-electron chi connectivity index (χ1n) is 5.33. The summed E-state index contributed by atoms with van der Waals surface area (Å²) in [5, 5.41) is 0. The standard InChI is InChI=1S/C11H12FN3O3S/c1-18-11-3-2-9(4-10(11)12)19(16,17)15-6-8-5-13-7-14-8/h2-5,7,15H,6H2,1H3,(H,13,14). The zero-order chi connectivity index (χ0) is 13.9. The van der Waals surface area contributed by atoms with Gasteiger partial charge in [-0.2, -0.15) is 0 Å². The fourth-order valence-corrected chi connectivity index (χ4v) is 2.47. The van der Waals surface area contributed by atoms with Gasteiger partial charge in [0.2, 0.25) is 10.0 Å². The number of H-pyrrole nitrogens is 1. The maximum atomic E-state index is 13.5. The second-order valence-corrected chi connectivity index (χ2v) is 5.46. The van der Waals surface area contributed by atoms with Gasteiger partial charge in [-0.1, -0.05) is 0 Å². The van der Waals surface area contributed by atoms with Crippen LogP contribution in [-0.4, -0.2) is 25.5 Å². The molecule has 1 heterocycles. The highest BCUT2D eigenvalue weighted by Crippen LogP contribution is 2.20. The van der Waals surface area contributed by atoms with Crippen LogP contribution in [-0.2, 0) is 16.6 Å². The molecule has 0 fully saturated rings. The minimum atomic E-state index is -3.78. The minimum absolute atomic E-state index is 0.00693. The van der Waals surface area contributed by atoms with Crippen LogP contribution in [0.3, 0.4) is 0 Å². The molecule has 1 aromatic heterocycles. The molecule has 0 saturated carbocycles. The van der Waals surface area contributed by atoms with Crippen LogP contribution in [0.25, 0.3) is 0 Å². The van der Waals surface area contributed by atoms with Crippen molar-refractivity contribution in [3.63, 3.8) is 0 Å². The van der Waals surface area contributed by atoms with Crippen molar-refractivity contribution < 1.29 is 17.5 Å². The summed E-state index contributed by atoms with van der Waals surface area (Å²) in [7, 11) is -2.47. The predicted octanol–water partition coefficient (Wildman–Crippen LogP) is 1.04. The number of imidazole rings is 1. The van der Waals surface area contributed by atoms with Crippen LogP contribution < -0.4 is 9.46 Å². The van der Waals surface area contributed by atoms with Gasteiger partial charge in [0.25, 0.3) is 0 Å². The fraction of sp³-hybridized carbons (Fsp3) is 0.182. The Labute approximate surface area is 109 Å². The number of nitrogens with one attached hydrogen (secondary N) is 2. The second kappa shape index (κ2) is 5.37. The first kappa shape index (κ1) is 13.5. The Morgan fingerprint density at radius 1 is 1.47 bits per heavy atom. The average Bonchev–Trinajstić information content (AvgIpc) is 2.89. The monoisotopic (exact) mass is 285 g/mol. The van der Waals surface area contributed by atoms with Crippen molar-refractivity contribution >= 4 is 10.0 Å². The van der Waals surface area contributed by atoms with E-state index in [1.807, 2.05) is 0 Å². The third kappa shape index (κ3) is 3.09. The Kier molecular flexibility index (Phi) is 3.82. The molecule has 2 N–H and O–H groups in total. The molecular weight excluding hydrogens is 273 g/mol. The summed E-state index contributed by atoms with van der Waals surface area (Å²) in [6.45, 7) is 0.0516. The van der Waals surface area contributed by atoms with Crippen LogP contribution in [0.5, 0.6) is 5.75 Å². The van der Waals surface area contributed by atoms with Crippen molar-refractivity contribution in [3.05, 3.63) is 42.2 Å². The fourth-order valence-electron chi connectivity index (χ4n) is 1.45. The van der Waals surface area contributed by atoms with E-state index < -0.39 is 15.8 Å². The number of methoxy groups -OCH3 is 1. The molecule has 1 aromatic carbocycles. The molecule has 0 amide bonds. The van der Waals surface area contributed by atoms with Crippen LogP contribution >= 0.6 is 0 Å². The average molecular weight is 285 g/mol. The Morgan fingerprint density at radius 2 is 2.26 bits per heavy atom. The van der Waals surface area contributed by atoms with Crippen molar-refractivity contribution in [3.8, 4) is 5.75 Å². The molecule has 0 unspecified atom stereocenters. The molecule has 102 valence electrons. The highest BCUT2D eigenvalue weighted by Gasteiger charge is 2.16. The molecule has 2 aromatic rings.